The molecule has 2 N–H and O–H groups in total. The summed E-state index contributed by atoms with van der Waals surface area (Å²) >= 11 is 0. The van der Waals surface area contributed by atoms with Crippen LogP contribution in [0.2, 0.25) is 0 Å². The van der Waals surface area contributed by atoms with Crippen molar-refractivity contribution in [1.82, 2.24) is 5.32 Å². The third kappa shape index (κ3) is 3.04. The number of aliphatic hydroxyl groups excluding tert-OH is 1. The van der Waals surface area contributed by atoms with Gasteiger partial charge in [0.25, 0.3) is 0 Å². The van der Waals surface area contributed by atoms with Gasteiger partial charge in [-0.15, -0.1) is 12.4 Å². The molecule has 0 unspecified atom stereocenters. The molecule has 56 valence electrons. The van der Waals surface area contributed by atoms with Crippen molar-refractivity contribution < 1.29 is 5.11 Å². The summed E-state index contributed by atoms with van der Waals surface area (Å²) in [7, 11) is 0. The van der Waals surface area contributed by atoms with Gasteiger partial charge in [-0.2, -0.15) is 0 Å². The first kappa shape index (κ1) is 9.21. The van der Waals surface area contributed by atoms with Crippen LogP contribution in [-0.2, 0) is 0 Å². The van der Waals surface area contributed by atoms with Crippen LogP contribution < -0.4 is 5.32 Å². The van der Waals surface area contributed by atoms with Gasteiger partial charge in [-0.3, -0.25) is 0 Å². The highest BCUT2D eigenvalue weighted by atomic mass is 35.5. The van der Waals surface area contributed by atoms with Gasteiger partial charge in [0.15, 0.2) is 0 Å². The lowest BCUT2D eigenvalue weighted by atomic mass is 10.0. The van der Waals surface area contributed by atoms with E-state index < -0.39 is 0 Å². The lowest BCUT2D eigenvalue weighted by molar-refractivity contribution is 0.129. The maximum Gasteiger partial charge on any atom is 0.0665 e. The van der Waals surface area contributed by atoms with Gasteiger partial charge >= 0.3 is 0 Å². The maximum atomic E-state index is 8.96. The van der Waals surface area contributed by atoms with Crippen LogP contribution in [0.1, 0.15) is 19.8 Å². The smallest absolute Gasteiger partial charge is 0.0665 e. The summed E-state index contributed by atoms with van der Waals surface area (Å²) in [5.41, 5.74) is 0. The van der Waals surface area contributed by atoms with Crippen LogP contribution in [0, 0.1) is 0 Å². The number of halogens is 1. The van der Waals surface area contributed by atoms with Crippen molar-refractivity contribution in [2.45, 2.75) is 31.9 Å². The summed E-state index contributed by atoms with van der Waals surface area (Å²) in [6, 6.07) is 0.610. The number of rotatable bonds is 0. The van der Waals surface area contributed by atoms with Crippen molar-refractivity contribution in [3.63, 3.8) is 0 Å². The topological polar surface area (TPSA) is 32.3 Å². The van der Waals surface area contributed by atoms with Gasteiger partial charge in [0.1, 0.15) is 0 Å². The molecule has 1 saturated heterocycles. The van der Waals surface area contributed by atoms with Gasteiger partial charge in [0.05, 0.1) is 6.10 Å². The SMILES string of the molecule is C[C@H]1CC[C@H](O)CN1.Cl. The van der Waals surface area contributed by atoms with Crippen molar-refractivity contribution >= 4 is 12.4 Å². The van der Waals surface area contributed by atoms with E-state index in [-0.39, 0.29) is 18.5 Å². The first-order valence-corrected chi connectivity index (χ1v) is 3.20. The zero-order chi connectivity index (χ0) is 5.98. The lowest BCUT2D eigenvalue weighted by Crippen LogP contribution is -2.39. The van der Waals surface area contributed by atoms with Gasteiger partial charge in [0, 0.05) is 12.6 Å². The molecular weight excluding hydrogens is 138 g/mol. The van der Waals surface area contributed by atoms with Gasteiger partial charge in [0.2, 0.25) is 0 Å². The molecule has 0 spiro atoms. The van der Waals surface area contributed by atoms with E-state index in [9.17, 15) is 0 Å². The summed E-state index contributed by atoms with van der Waals surface area (Å²) in [6.07, 6.45) is 1.99. The van der Waals surface area contributed by atoms with Crippen molar-refractivity contribution in [2.75, 3.05) is 6.54 Å². The van der Waals surface area contributed by atoms with E-state index in [0.29, 0.717) is 6.04 Å². The molecule has 2 nitrogen and oxygen atoms in total. The summed E-state index contributed by atoms with van der Waals surface area (Å²) in [5.74, 6) is 0. The third-order valence-electron chi connectivity index (χ3n) is 1.63. The monoisotopic (exact) mass is 151 g/mol. The second-order valence-corrected chi connectivity index (χ2v) is 2.54. The fourth-order valence-corrected chi connectivity index (χ4v) is 0.984. The maximum absolute atomic E-state index is 8.96. The molecule has 0 aromatic carbocycles. The van der Waals surface area contributed by atoms with E-state index >= 15 is 0 Å². The van der Waals surface area contributed by atoms with Gasteiger partial charge in [-0.05, 0) is 19.8 Å². The Hall–Kier alpha value is 0.210. The molecule has 2 atom stereocenters. The molecule has 0 aliphatic carbocycles. The highest BCUT2D eigenvalue weighted by molar-refractivity contribution is 5.85. The number of piperidine rings is 1. The highest BCUT2D eigenvalue weighted by Gasteiger charge is 2.13. The molecule has 1 aliphatic rings. The second kappa shape index (κ2) is 4.09. The van der Waals surface area contributed by atoms with Crippen LogP contribution in [0.25, 0.3) is 0 Å². The summed E-state index contributed by atoms with van der Waals surface area (Å²) < 4.78 is 0. The van der Waals surface area contributed by atoms with E-state index in [1.807, 2.05) is 0 Å². The second-order valence-electron chi connectivity index (χ2n) is 2.54. The molecule has 9 heavy (non-hydrogen) atoms. The molecule has 0 bridgehead atoms. The third-order valence-corrected chi connectivity index (χ3v) is 1.63. The molecule has 0 saturated carbocycles. The highest BCUT2D eigenvalue weighted by Crippen LogP contribution is 2.05. The van der Waals surface area contributed by atoms with Crippen LogP contribution >= 0.6 is 12.4 Å². The minimum atomic E-state index is -0.0915. The zero-order valence-corrected chi connectivity index (χ0v) is 6.45. The van der Waals surface area contributed by atoms with Gasteiger partial charge in [-0.1, -0.05) is 0 Å². The Morgan fingerprint density at radius 1 is 1.44 bits per heavy atom. The standard InChI is InChI=1S/C6H13NO.ClH/c1-5-2-3-6(8)4-7-5;/h5-8H,2-4H2,1H3;1H/t5-,6-;/m0./s1. The quantitative estimate of drug-likeness (QED) is 0.530. The van der Waals surface area contributed by atoms with Crippen LogP contribution in [0.4, 0.5) is 0 Å². The molecule has 1 heterocycles. The molecule has 3 heteroatoms. The van der Waals surface area contributed by atoms with E-state index in [4.69, 9.17) is 5.11 Å². The number of nitrogens with one attached hydrogen (secondary N) is 1. The molecular formula is C6H14ClNO. The van der Waals surface area contributed by atoms with Gasteiger partial charge < -0.3 is 10.4 Å². The molecule has 0 radical (unpaired) electrons. The molecule has 1 aliphatic heterocycles. The Balaban J connectivity index is 0.000000640. The number of β-amino-alcohol motifs (C(OH)–C–C–N with tert-alkyl or cyclic N) is 1. The van der Waals surface area contributed by atoms with Gasteiger partial charge in [-0.25, -0.2) is 0 Å². The van der Waals surface area contributed by atoms with E-state index in [1.165, 1.54) is 0 Å². The molecule has 0 aromatic heterocycles. The Morgan fingerprint density at radius 2 is 2.11 bits per heavy atom. The first-order valence-electron chi connectivity index (χ1n) is 3.20. The number of hydrogen-bond acceptors (Lipinski definition) is 2. The number of hydrogen-bond donors (Lipinski definition) is 2. The van der Waals surface area contributed by atoms with Crippen molar-refractivity contribution in [3.8, 4) is 0 Å². The normalized spacial score (nSPS) is 35.3. The Labute approximate surface area is 62.1 Å². The average Bonchev–Trinajstić information content (AvgIpc) is 1.77. The Morgan fingerprint density at radius 3 is 2.44 bits per heavy atom. The minimum absolute atomic E-state index is 0. The fraction of sp³-hybridized carbons (Fsp3) is 1.00. The Bertz CT molecular complexity index is 61.5. The predicted molar refractivity (Wildman–Crippen MR) is 40.0 cm³/mol. The predicted octanol–water partition coefficient (Wildman–Crippen LogP) is 0.541. The summed E-state index contributed by atoms with van der Waals surface area (Å²) in [4.78, 5) is 0. The Kier molecular flexibility index (Phi) is 4.19. The van der Waals surface area contributed by atoms with E-state index in [1.54, 1.807) is 0 Å². The van der Waals surface area contributed by atoms with E-state index in [2.05, 4.69) is 12.2 Å². The lowest BCUT2D eigenvalue weighted by Gasteiger charge is -2.23. The minimum Gasteiger partial charge on any atom is -0.392 e. The number of aliphatic hydroxyl groups is 1. The fourth-order valence-electron chi connectivity index (χ4n) is 0.984. The summed E-state index contributed by atoms with van der Waals surface area (Å²) in [5, 5.41) is 12.1. The van der Waals surface area contributed by atoms with Crippen LogP contribution in [0.15, 0.2) is 0 Å². The van der Waals surface area contributed by atoms with Crippen LogP contribution in [0.3, 0.4) is 0 Å². The van der Waals surface area contributed by atoms with Crippen molar-refractivity contribution in [3.05, 3.63) is 0 Å². The largest absolute Gasteiger partial charge is 0.392 e. The average molecular weight is 152 g/mol. The van der Waals surface area contributed by atoms with Crippen molar-refractivity contribution in [1.29, 1.82) is 0 Å². The molecule has 0 amide bonds. The van der Waals surface area contributed by atoms with Crippen molar-refractivity contribution in [2.24, 2.45) is 0 Å². The summed E-state index contributed by atoms with van der Waals surface area (Å²) in [6.45, 7) is 2.92. The van der Waals surface area contributed by atoms with Crippen LogP contribution in [-0.4, -0.2) is 23.8 Å². The van der Waals surface area contributed by atoms with Crippen LogP contribution in [0.5, 0.6) is 0 Å². The zero-order valence-electron chi connectivity index (χ0n) is 5.63. The molecule has 1 rings (SSSR count). The van der Waals surface area contributed by atoms with E-state index in [0.717, 1.165) is 19.4 Å². The molecule has 0 aromatic rings. The first-order chi connectivity index (χ1) is 3.79. The molecule has 1 fully saturated rings.